The van der Waals surface area contributed by atoms with Crippen LogP contribution >= 0.6 is 0 Å². The van der Waals surface area contributed by atoms with Crippen molar-refractivity contribution in [3.05, 3.63) is 11.8 Å². The summed E-state index contributed by atoms with van der Waals surface area (Å²) in [5.74, 6) is -0.145. The summed E-state index contributed by atoms with van der Waals surface area (Å²) in [6.07, 6.45) is 0.991. The predicted octanol–water partition coefficient (Wildman–Crippen LogP) is -0.565. The maximum atomic E-state index is 11.3. The van der Waals surface area contributed by atoms with Crippen molar-refractivity contribution in [3.8, 4) is 0 Å². The molecule has 2 atom stereocenters. The molecular formula is C8H9NO3. The SMILES string of the molecule is CC(O)C1=CN2C(=O)C[C@H]2C1=O. The molecule has 12 heavy (non-hydrogen) atoms. The van der Waals surface area contributed by atoms with E-state index in [0.717, 1.165) is 0 Å². The summed E-state index contributed by atoms with van der Waals surface area (Å²) in [6.45, 7) is 1.53. The van der Waals surface area contributed by atoms with Gasteiger partial charge in [0.25, 0.3) is 0 Å². The Labute approximate surface area is 69.5 Å². The number of aliphatic hydroxyl groups excluding tert-OH is 1. The highest BCUT2D eigenvalue weighted by atomic mass is 16.3. The Morgan fingerprint density at radius 1 is 1.67 bits per heavy atom. The number of aliphatic hydroxyl groups is 1. The lowest BCUT2D eigenvalue weighted by Crippen LogP contribution is -2.49. The average molecular weight is 167 g/mol. The highest BCUT2D eigenvalue weighted by Crippen LogP contribution is 2.30. The molecule has 1 amide bonds. The molecule has 4 heteroatoms. The van der Waals surface area contributed by atoms with Gasteiger partial charge in [-0.15, -0.1) is 0 Å². The Morgan fingerprint density at radius 3 is 2.75 bits per heavy atom. The first-order chi connectivity index (χ1) is 5.61. The quantitative estimate of drug-likeness (QED) is 0.532. The molecular weight excluding hydrogens is 158 g/mol. The van der Waals surface area contributed by atoms with Crippen molar-refractivity contribution in [2.75, 3.05) is 0 Å². The van der Waals surface area contributed by atoms with Crippen LogP contribution in [-0.2, 0) is 9.59 Å². The number of ketones is 1. The van der Waals surface area contributed by atoms with Crippen LogP contribution in [0.2, 0.25) is 0 Å². The maximum Gasteiger partial charge on any atom is 0.229 e. The fraction of sp³-hybridized carbons (Fsp3) is 0.500. The van der Waals surface area contributed by atoms with Gasteiger partial charge in [0, 0.05) is 11.8 Å². The number of hydrogen-bond donors (Lipinski definition) is 1. The number of nitrogens with zero attached hydrogens (tertiary/aromatic N) is 1. The molecule has 0 aromatic rings. The monoisotopic (exact) mass is 167 g/mol. The number of carbonyl (C=O) groups is 2. The third-order valence-corrected chi connectivity index (χ3v) is 2.31. The molecule has 2 rings (SSSR count). The standard InChI is InChI=1S/C8H9NO3/c1-4(10)5-3-9-6(8(5)12)2-7(9)11/h3-4,6,10H,2H2,1H3/t4?,6-/m0/s1. The minimum atomic E-state index is -0.768. The lowest BCUT2D eigenvalue weighted by Gasteiger charge is -2.31. The highest BCUT2D eigenvalue weighted by molar-refractivity contribution is 6.11. The summed E-state index contributed by atoms with van der Waals surface area (Å²) in [5.41, 5.74) is 0.353. The summed E-state index contributed by atoms with van der Waals surface area (Å²) in [5, 5.41) is 9.15. The molecule has 2 aliphatic rings. The number of β-lactam (4-membered cyclic amide) rings is 1. The van der Waals surface area contributed by atoms with Gasteiger partial charge in [0.1, 0.15) is 6.04 Å². The lowest BCUT2D eigenvalue weighted by atomic mass is 9.98. The molecule has 2 heterocycles. The Balaban J connectivity index is 2.27. The van der Waals surface area contributed by atoms with Gasteiger partial charge in [-0.3, -0.25) is 9.59 Å². The van der Waals surface area contributed by atoms with Crippen LogP contribution in [0.5, 0.6) is 0 Å². The Morgan fingerprint density at radius 2 is 2.33 bits per heavy atom. The highest BCUT2D eigenvalue weighted by Gasteiger charge is 2.46. The van der Waals surface area contributed by atoms with Gasteiger partial charge in [0.05, 0.1) is 12.5 Å². The summed E-state index contributed by atoms with van der Waals surface area (Å²) in [7, 11) is 0. The van der Waals surface area contributed by atoms with E-state index in [1.165, 1.54) is 18.0 Å². The number of rotatable bonds is 1. The van der Waals surface area contributed by atoms with Gasteiger partial charge in [-0.25, -0.2) is 0 Å². The van der Waals surface area contributed by atoms with Crippen LogP contribution in [0.15, 0.2) is 11.8 Å². The van der Waals surface area contributed by atoms with Gasteiger partial charge < -0.3 is 10.0 Å². The second-order valence-electron chi connectivity index (χ2n) is 3.15. The zero-order valence-corrected chi connectivity index (χ0v) is 6.65. The molecule has 1 saturated heterocycles. The van der Waals surface area contributed by atoms with Gasteiger partial charge in [0.2, 0.25) is 5.91 Å². The van der Waals surface area contributed by atoms with Crippen LogP contribution in [0.1, 0.15) is 13.3 Å². The summed E-state index contributed by atoms with van der Waals surface area (Å²) < 4.78 is 0. The van der Waals surface area contributed by atoms with E-state index >= 15 is 0 Å². The second kappa shape index (κ2) is 2.17. The number of fused-ring (bicyclic) bond motifs is 1. The predicted molar refractivity (Wildman–Crippen MR) is 40.0 cm³/mol. The second-order valence-corrected chi connectivity index (χ2v) is 3.15. The largest absolute Gasteiger partial charge is 0.389 e. The molecule has 64 valence electrons. The fourth-order valence-electron chi connectivity index (χ4n) is 1.53. The molecule has 0 aliphatic carbocycles. The van der Waals surface area contributed by atoms with Crippen molar-refractivity contribution < 1.29 is 14.7 Å². The van der Waals surface area contributed by atoms with Gasteiger partial charge in [0.15, 0.2) is 5.78 Å². The molecule has 1 N–H and O–H groups in total. The van der Waals surface area contributed by atoms with E-state index in [-0.39, 0.29) is 17.7 Å². The van der Waals surface area contributed by atoms with Crippen LogP contribution in [0, 0.1) is 0 Å². The van der Waals surface area contributed by atoms with E-state index in [1.54, 1.807) is 0 Å². The third kappa shape index (κ3) is 0.754. The minimum Gasteiger partial charge on any atom is -0.389 e. The first-order valence-electron chi connectivity index (χ1n) is 3.86. The smallest absolute Gasteiger partial charge is 0.229 e. The zero-order valence-electron chi connectivity index (χ0n) is 6.65. The van der Waals surface area contributed by atoms with Crippen LogP contribution in [0.3, 0.4) is 0 Å². The van der Waals surface area contributed by atoms with E-state index in [9.17, 15) is 9.59 Å². The van der Waals surface area contributed by atoms with Gasteiger partial charge >= 0.3 is 0 Å². The molecule has 0 spiro atoms. The summed E-state index contributed by atoms with van der Waals surface area (Å²) in [4.78, 5) is 23.6. The molecule has 2 aliphatic heterocycles. The molecule has 0 saturated carbocycles. The average Bonchev–Trinajstić information content (AvgIpc) is 2.23. The van der Waals surface area contributed by atoms with Gasteiger partial charge in [-0.05, 0) is 6.92 Å². The molecule has 0 aromatic carbocycles. The zero-order chi connectivity index (χ0) is 8.88. The molecule has 4 nitrogen and oxygen atoms in total. The number of Topliss-reactive ketones (excluding diaryl/α,β-unsaturated/α-hetero) is 1. The third-order valence-electron chi connectivity index (χ3n) is 2.31. The molecule has 0 bridgehead atoms. The van der Waals surface area contributed by atoms with Crippen molar-refractivity contribution in [1.29, 1.82) is 0 Å². The van der Waals surface area contributed by atoms with Crippen molar-refractivity contribution in [3.63, 3.8) is 0 Å². The molecule has 0 aromatic heterocycles. The first kappa shape index (κ1) is 7.49. The summed E-state index contributed by atoms with van der Waals surface area (Å²) in [6, 6.07) is -0.304. The van der Waals surface area contributed by atoms with Gasteiger partial charge in [-0.2, -0.15) is 0 Å². The Hall–Kier alpha value is -1.16. The Bertz CT molecular complexity index is 293. The number of amides is 1. The molecule has 1 fully saturated rings. The summed E-state index contributed by atoms with van der Waals surface area (Å²) >= 11 is 0. The van der Waals surface area contributed by atoms with E-state index in [0.29, 0.717) is 12.0 Å². The molecule has 0 radical (unpaired) electrons. The van der Waals surface area contributed by atoms with Crippen molar-refractivity contribution >= 4 is 11.7 Å². The van der Waals surface area contributed by atoms with E-state index in [4.69, 9.17) is 5.11 Å². The van der Waals surface area contributed by atoms with E-state index in [2.05, 4.69) is 0 Å². The molecule has 1 unspecified atom stereocenters. The van der Waals surface area contributed by atoms with E-state index in [1.807, 2.05) is 0 Å². The van der Waals surface area contributed by atoms with Crippen LogP contribution in [-0.4, -0.2) is 33.8 Å². The van der Waals surface area contributed by atoms with Crippen molar-refractivity contribution in [2.45, 2.75) is 25.5 Å². The first-order valence-corrected chi connectivity index (χ1v) is 3.86. The van der Waals surface area contributed by atoms with Crippen LogP contribution in [0.4, 0.5) is 0 Å². The number of carbonyl (C=O) groups excluding carboxylic acids is 2. The van der Waals surface area contributed by atoms with Crippen molar-refractivity contribution in [2.24, 2.45) is 0 Å². The van der Waals surface area contributed by atoms with Crippen molar-refractivity contribution in [1.82, 2.24) is 4.90 Å². The number of hydrogen-bond acceptors (Lipinski definition) is 3. The minimum absolute atomic E-state index is 0.0380. The van der Waals surface area contributed by atoms with Gasteiger partial charge in [-0.1, -0.05) is 0 Å². The topological polar surface area (TPSA) is 57.6 Å². The van der Waals surface area contributed by atoms with E-state index < -0.39 is 6.10 Å². The normalized spacial score (nSPS) is 29.7. The fourth-order valence-corrected chi connectivity index (χ4v) is 1.53. The Kier molecular flexibility index (Phi) is 1.35. The van der Waals surface area contributed by atoms with Crippen LogP contribution in [0.25, 0.3) is 0 Å². The van der Waals surface area contributed by atoms with Crippen LogP contribution < -0.4 is 0 Å². The maximum absolute atomic E-state index is 11.3. The lowest BCUT2D eigenvalue weighted by molar-refractivity contribution is -0.145.